The number of anilines is 2. The standard InChI is InChI=1S/C23H25N5O3S/c1-23(2,3)21-26-18(20(30)28-12-11-24-17(29)13-28)19(32-21)27-22(31)25-16-10-6-8-14-7-4-5-9-15(14)16/h4-10H,11-13H2,1-3H3,(H,24,29)(H2,25,27,31). The van der Waals surface area contributed by atoms with Gasteiger partial charge in [0.25, 0.3) is 5.91 Å². The maximum Gasteiger partial charge on any atom is 0.324 e. The summed E-state index contributed by atoms with van der Waals surface area (Å²) in [6, 6.07) is 13.0. The van der Waals surface area contributed by atoms with E-state index >= 15 is 0 Å². The van der Waals surface area contributed by atoms with Crippen LogP contribution in [0.2, 0.25) is 0 Å². The molecule has 1 aromatic heterocycles. The number of carbonyl (C=O) groups is 3. The highest BCUT2D eigenvalue weighted by Crippen LogP contribution is 2.34. The van der Waals surface area contributed by atoms with Crippen LogP contribution < -0.4 is 16.0 Å². The van der Waals surface area contributed by atoms with Crippen molar-refractivity contribution in [3.63, 3.8) is 0 Å². The van der Waals surface area contributed by atoms with E-state index < -0.39 is 6.03 Å². The first-order chi connectivity index (χ1) is 15.2. The average Bonchev–Trinajstić information content (AvgIpc) is 3.17. The monoisotopic (exact) mass is 451 g/mol. The molecule has 4 amide bonds. The minimum atomic E-state index is -0.462. The molecule has 2 heterocycles. The lowest BCUT2D eigenvalue weighted by Gasteiger charge is -2.26. The van der Waals surface area contributed by atoms with Crippen molar-refractivity contribution in [2.45, 2.75) is 26.2 Å². The van der Waals surface area contributed by atoms with Crippen molar-refractivity contribution in [1.29, 1.82) is 0 Å². The Bertz CT molecular complexity index is 1190. The molecule has 8 nitrogen and oxygen atoms in total. The van der Waals surface area contributed by atoms with Crippen LogP contribution in [-0.4, -0.2) is 47.4 Å². The lowest BCUT2D eigenvalue weighted by atomic mass is 9.98. The molecule has 0 atom stereocenters. The number of thiazole rings is 1. The highest BCUT2D eigenvalue weighted by atomic mass is 32.1. The second kappa shape index (κ2) is 8.58. The SMILES string of the molecule is CC(C)(C)c1nc(C(=O)N2CCNC(=O)C2)c(NC(=O)Nc2cccc3ccccc23)s1. The second-order valence-corrected chi connectivity index (χ2v) is 9.63. The normalized spacial score (nSPS) is 14.2. The van der Waals surface area contributed by atoms with E-state index in [-0.39, 0.29) is 29.5 Å². The number of aromatic nitrogens is 1. The number of carbonyl (C=O) groups excluding carboxylic acids is 3. The molecule has 1 aliphatic rings. The first-order valence-electron chi connectivity index (χ1n) is 10.4. The van der Waals surface area contributed by atoms with Crippen molar-refractivity contribution in [2.75, 3.05) is 30.3 Å². The Kier molecular flexibility index (Phi) is 5.84. The van der Waals surface area contributed by atoms with E-state index in [9.17, 15) is 14.4 Å². The van der Waals surface area contributed by atoms with Gasteiger partial charge in [0.2, 0.25) is 5.91 Å². The third kappa shape index (κ3) is 4.57. The number of fused-ring (bicyclic) bond motifs is 1. The van der Waals surface area contributed by atoms with Gasteiger partial charge in [-0.05, 0) is 11.5 Å². The van der Waals surface area contributed by atoms with Gasteiger partial charge in [-0.2, -0.15) is 0 Å². The van der Waals surface area contributed by atoms with E-state index in [2.05, 4.69) is 20.9 Å². The second-order valence-electron chi connectivity index (χ2n) is 8.63. The zero-order valence-corrected chi connectivity index (χ0v) is 19.0. The Labute approximate surface area is 190 Å². The molecule has 4 rings (SSSR count). The molecule has 0 unspecified atom stereocenters. The summed E-state index contributed by atoms with van der Waals surface area (Å²) in [5.41, 5.74) is 0.523. The largest absolute Gasteiger partial charge is 0.353 e. The van der Waals surface area contributed by atoms with Crippen molar-refractivity contribution >= 4 is 50.6 Å². The molecule has 0 bridgehead atoms. The summed E-state index contributed by atoms with van der Waals surface area (Å²) in [4.78, 5) is 43.7. The summed E-state index contributed by atoms with van der Waals surface area (Å²) in [5, 5.41) is 11.4. The van der Waals surface area contributed by atoms with E-state index in [1.54, 1.807) is 0 Å². The molecule has 0 saturated carbocycles. The van der Waals surface area contributed by atoms with E-state index in [0.717, 1.165) is 15.8 Å². The molecule has 0 spiro atoms. The predicted octanol–water partition coefficient (Wildman–Crippen LogP) is 3.81. The van der Waals surface area contributed by atoms with Crippen LogP contribution in [0, 0.1) is 0 Å². The van der Waals surface area contributed by atoms with Crippen LogP contribution >= 0.6 is 11.3 Å². The van der Waals surface area contributed by atoms with Gasteiger partial charge in [0.1, 0.15) is 10.0 Å². The van der Waals surface area contributed by atoms with E-state index in [0.29, 0.717) is 23.8 Å². The molecule has 9 heteroatoms. The number of hydrogen-bond acceptors (Lipinski definition) is 5. The topological polar surface area (TPSA) is 103 Å². The number of amides is 4. The fraction of sp³-hybridized carbons (Fsp3) is 0.304. The van der Waals surface area contributed by atoms with E-state index in [1.165, 1.54) is 16.2 Å². The number of nitrogens with zero attached hydrogens (tertiary/aromatic N) is 2. The van der Waals surface area contributed by atoms with Gasteiger partial charge in [0, 0.05) is 23.9 Å². The lowest BCUT2D eigenvalue weighted by Crippen LogP contribution is -2.50. The third-order valence-corrected chi connectivity index (χ3v) is 6.46. The minimum absolute atomic E-state index is 0.0249. The number of nitrogens with one attached hydrogen (secondary N) is 3. The number of benzene rings is 2. The van der Waals surface area contributed by atoms with Gasteiger partial charge in [0.15, 0.2) is 5.69 Å². The number of hydrogen-bond donors (Lipinski definition) is 3. The summed E-state index contributed by atoms with van der Waals surface area (Å²) < 4.78 is 0. The summed E-state index contributed by atoms with van der Waals surface area (Å²) in [6.07, 6.45) is 0. The number of urea groups is 1. The van der Waals surface area contributed by atoms with Gasteiger partial charge in [-0.25, -0.2) is 9.78 Å². The van der Waals surface area contributed by atoms with Crippen LogP contribution in [0.15, 0.2) is 42.5 Å². The molecule has 2 aromatic carbocycles. The van der Waals surface area contributed by atoms with E-state index in [4.69, 9.17) is 0 Å². The molecular formula is C23H25N5O3S. The maximum atomic E-state index is 13.1. The molecule has 1 fully saturated rings. The van der Waals surface area contributed by atoms with Crippen molar-refractivity contribution in [3.05, 3.63) is 53.2 Å². The Morgan fingerprint density at radius 2 is 1.84 bits per heavy atom. The summed E-state index contributed by atoms with van der Waals surface area (Å²) in [6.45, 7) is 6.75. The molecule has 0 radical (unpaired) electrons. The quantitative estimate of drug-likeness (QED) is 0.563. The Morgan fingerprint density at radius 1 is 1.09 bits per heavy atom. The minimum Gasteiger partial charge on any atom is -0.353 e. The Balaban J connectivity index is 1.60. The van der Waals surface area contributed by atoms with Gasteiger partial charge in [-0.3, -0.25) is 14.9 Å². The van der Waals surface area contributed by atoms with Crippen LogP contribution in [0.4, 0.5) is 15.5 Å². The number of piperazine rings is 1. The van der Waals surface area contributed by atoms with Crippen LogP contribution in [-0.2, 0) is 10.2 Å². The summed E-state index contributed by atoms with van der Waals surface area (Å²) in [7, 11) is 0. The predicted molar refractivity (Wildman–Crippen MR) is 126 cm³/mol. The Morgan fingerprint density at radius 3 is 2.59 bits per heavy atom. The van der Waals surface area contributed by atoms with Crippen LogP contribution in [0.25, 0.3) is 10.8 Å². The summed E-state index contributed by atoms with van der Waals surface area (Å²) >= 11 is 1.27. The molecular weight excluding hydrogens is 426 g/mol. The fourth-order valence-electron chi connectivity index (χ4n) is 3.42. The van der Waals surface area contributed by atoms with Gasteiger partial charge in [-0.1, -0.05) is 68.5 Å². The van der Waals surface area contributed by atoms with Gasteiger partial charge >= 0.3 is 6.03 Å². The first kappa shape index (κ1) is 21.8. The highest BCUT2D eigenvalue weighted by Gasteiger charge is 2.30. The van der Waals surface area contributed by atoms with Crippen LogP contribution in [0.5, 0.6) is 0 Å². The van der Waals surface area contributed by atoms with Crippen LogP contribution in [0.3, 0.4) is 0 Å². The van der Waals surface area contributed by atoms with Gasteiger partial charge < -0.3 is 15.5 Å². The summed E-state index contributed by atoms with van der Waals surface area (Å²) in [5.74, 6) is -0.578. The molecule has 1 saturated heterocycles. The molecule has 3 aromatic rings. The maximum absolute atomic E-state index is 13.1. The number of rotatable bonds is 3. The lowest BCUT2D eigenvalue weighted by molar-refractivity contribution is -0.123. The Hall–Kier alpha value is -3.46. The molecule has 32 heavy (non-hydrogen) atoms. The van der Waals surface area contributed by atoms with Gasteiger partial charge in [0.05, 0.1) is 12.2 Å². The smallest absolute Gasteiger partial charge is 0.324 e. The van der Waals surface area contributed by atoms with Crippen molar-refractivity contribution in [2.24, 2.45) is 0 Å². The van der Waals surface area contributed by atoms with Crippen molar-refractivity contribution < 1.29 is 14.4 Å². The van der Waals surface area contributed by atoms with Crippen molar-refractivity contribution in [1.82, 2.24) is 15.2 Å². The molecule has 166 valence electrons. The molecule has 1 aliphatic heterocycles. The average molecular weight is 452 g/mol. The van der Waals surface area contributed by atoms with E-state index in [1.807, 2.05) is 63.2 Å². The van der Waals surface area contributed by atoms with Crippen molar-refractivity contribution in [3.8, 4) is 0 Å². The fourth-order valence-corrected chi connectivity index (χ4v) is 4.43. The third-order valence-electron chi connectivity index (χ3n) is 5.06. The highest BCUT2D eigenvalue weighted by molar-refractivity contribution is 7.16. The molecule has 0 aliphatic carbocycles. The van der Waals surface area contributed by atoms with Gasteiger partial charge in [-0.15, -0.1) is 0 Å². The van der Waals surface area contributed by atoms with Crippen LogP contribution in [0.1, 0.15) is 36.3 Å². The zero-order chi connectivity index (χ0) is 22.9. The first-order valence-corrected chi connectivity index (χ1v) is 11.2. The zero-order valence-electron chi connectivity index (χ0n) is 18.2. The molecule has 3 N–H and O–H groups in total.